The summed E-state index contributed by atoms with van der Waals surface area (Å²) in [6.45, 7) is 7.25. The van der Waals surface area contributed by atoms with Gasteiger partial charge in [-0.25, -0.2) is 4.99 Å². The number of aliphatic imine (C=N–C) groups is 1. The molecular weight excluding hydrogens is 382 g/mol. The van der Waals surface area contributed by atoms with E-state index in [1.165, 1.54) is 4.90 Å². The molecule has 1 heterocycles. The maximum atomic E-state index is 11.8. The second kappa shape index (κ2) is 11.1. The molecule has 0 radical (unpaired) electrons. The lowest BCUT2D eigenvalue weighted by Gasteiger charge is -2.13. The van der Waals surface area contributed by atoms with Crippen LogP contribution in [0.1, 0.15) is 19.0 Å². The lowest BCUT2D eigenvalue weighted by atomic mass is 10.2. The molecule has 0 unspecified atom stereocenters. The summed E-state index contributed by atoms with van der Waals surface area (Å²) in [6, 6.07) is 5.96. The van der Waals surface area contributed by atoms with Gasteiger partial charge in [-0.05, 0) is 25.8 Å². The zero-order valence-corrected chi connectivity index (χ0v) is 18.6. The van der Waals surface area contributed by atoms with Crippen molar-refractivity contribution in [2.24, 2.45) is 4.99 Å². The number of aromatic amines is 1. The molecule has 0 aliphatic carbocycles. The van der Waals surface area contributed by atoms with Gasteiger partial charge in [0, 0.05) is 50.4 Å². The number of fused-ring (bicyclic) bond motifs is 1. The second-order valence-electron chi connectivity index (χ2n) is 7.38. The Labute approximate surface area is 178 Å². The van der Waals surface area contributed by atoms with Crippen LogP contribution in [0.2, 0.25) is 0 Å². The zero-order chi connectivity index (χ0) is 22.1. The Hall–Kier alpha value is -3.16. The summed E-state index contributed by atoms with van der Waals surface area (Å²) >= 11 is 0. The van der Waals surface area contributed by atoms with Gasteiger partial charge in [-0.2, -0.15) is 0 Å². The highest BCUT2D eigenvalue weighted by Crippen LogP contribution is 2.31. The second-order valence-corrected chi connectivity index (χ2v) is 7.38. The van der Waals surface area contributed by atoms with E-state index in [0.717, 1.165) is 46.5 Å². The number of aromatic nitrogens is 1. The summed E-state index contributed by atoms with van der Waals surface area (Å²) in [5, 5.41) is 7.51. The van der Waals surface area contributed by atoms with E-state index in [1.807, 2.05) is 19.1 Å². The number of methoxy groups -OCH3 is 2. The fraction of sp³-hybridized carbons (Fsp3) is 0.455. The molecule has 0 fully saturated rings. The average Bonchev–Trinajstić information content (AvgIpc) is 3.13. The highest BCUT2D eigenvalue weighted by molar-refractivity contribution is 5.88. The summed E-state index contributed by atoms with van der Waals surface area (Å²) < 4.78 is 10.8. The van der Waals surface area contributed by atoms with Gasteiger partial charge in [0.15, 0.2) is 5.96 Å². The van der Waals surface area contributed by atoms with Crippen molar-refractivity contribution in [1.29, 1.82) is 0 Å². The van der Waals surface area contributed by atoms with Gasteiger partial charge in [-0.3, -0.25) is 4.79 Å². The minimum atomic E-state index is -0.0473. The fourth-order valence-electron chi connectivity index (χ4n) is 2.84. The first kappa shape index (κ1) is 23.1. The normalized spacial score (nSPS) is 11.3. The third-order valence-electron chi connectivity index (χ3n) is 4.53. The number of amides is 1. The van der Waals surface area contributed by atoms with Crippen LogP contribution in [0.4, 0.5) is 0 Å². The molecule has 164 valence electrons. The first-order valence-electron chi connectivity index (χ1n) is 9.94. The van der Waals surface area contributed by atoms with Crippen molar-refractivity contribution in [3.05, 3.63) is 36.0 Å². The number of guanidine groups is 1. The van der Waals surface area contributed by atoms with Gasteiger partial charge in [0.1, 0.15) is 18.0 Å². The van der Waals surface area contributed by atoms with Gasteiger partial charge in [0.2, 0.25) is 5.91 Å². The van der Waals surface area contributed by atoms with Crippen LogP contribution < -0.4 is 20.1 Å². The first-order valence-corrected chi connectivity index (χ1v) is 9.94. The largest absolute Gasteiger partial charge is 0.497 e. The van der Waals surface area contributed by atoms with Crippen molar-refractivity contribution < 1.29 is 14.3 Å². The third-order valence-corrected chi connectivity index (χ3v) is 4.53. The molecule has 1 aromatic heterocycles. The highest BCUT2D eigenvalue weighted by atomic mass is 16.5. The molecule has 3 N–H and O–H groups in total. The van der Waals surface area contributed by atoms with E-state index in [2.05, 4.69) is 33.3 Å². The van der Waals surface area contributed by atoms with Gasteiger partial charge in [0.05, 0.1) is 19.7 Å². The average molecular weight is 416 g/mol. The lowest BCUT2D eigenvalue weighted by molar-refractivity contribution is -0.127. The van der Waals surface area contributed by atoms with E-state index in [9.17, 15) is 4.79 Å². The molecule has 8 nitrogen and oxygen atoms in total. The molecule has 8 heteroatoms. The Bertz CT molecular complexity index is 902. The lowest BCUT2D eigenvalue weighted by Crippen LogP contribution is -2.39. The number of H-pyrrole nitrogens is 1. The third kappa shape index (κ3) is 6.72. The smallest absolute Gasteiger partial charge is 0.243 e. The van der Waals surface area contributed by atoms with Gasteiger partial charge >= 0.3 is 0 Å². The van der Waals surface area contributed by atoms with Gasteiger partial charge < -0.3 is 30.0 Å². The molecule has 0 spiro atoms. The van der Waals surface area contributed by atoms with Crippen LogP contribution in [0.3, 0.4) is 0 Å². The number of rotatable bonds is 10. The monoisotopic (exact) mass is 415 g/mol. The number of hydrogen-bond acceptors (Lipinski definition) is 4. The number of benzene rings is 1. The zero-order valence-electron chi connectivity index (χ0n) is 18.6. The number of ether oxygens (including phenoxy) is 2. The van der Waals surface area contributed by atoms with Crippen LogP contribution >= 0.6 is 0 Å². The number of aryl methyl sites for hydroxylation is 1. The fourth-order valence-corrected chi connectivity index (χ4v) is 2.84. The minimum absolute atomic E-state index is 0.0473. The number of likely N-dealkylation sites (N-methyl/N-ethyl adjacent to an activating group) is 1. The van der Waals surface area contributed by atoms with Crippen molar-refractivity contribution >= 4 is 22.8 Å². The molecule has 0 atom stereocenters. The topological polar surface area (TPSA) is 91.0 Å². The van der Waals surface area contributed by atoms with Crippen LogP contribution in [0, 0.1) is 0 Å². The number of carbonyl (C=O) groups is 1. The predicted octanol–water partition coefficient (Wildman–Crippen LogP) is 2.32. The molecule has 0 bridgehead atoms. The van der Waals surface area contributed by atoms with E-state index < -0.39 is 0 Å². The van der Waals surface area contributed by atoms with E-state index in [0.29, 0.717) is 19.0 Å². The Morgan fingerprint density at radius 1 is 1.20 bits per heavy atom. The highest BCUT2D eigenvalue weighted by Gasteiger charge is 2.09. The van der Waals surface area contributed by atoms with Gasteiger partial charge in [-0.1, -0.05) is 12.2 Å². The summed E-state index contributed by atoms with van der Waals surface area (Å²) in [7, 11) is 6.74. The Balaban J connectivity index is 1.95. The van der Waals surface area contributed by atoms with Gasteiger partial charge in [0.25, 0.3) is 0 Å². The quantitative estimate of drug-likeness (QED) is 0.240. The van der Waals surface area contributed by atoms with Crippen LogP contribution in [-0.4, -0.2) is 69.7 Å². The van der Waals surface area contributed by atoms with E-state index in [1.54, 1.807) is 28.3 Å². The molecule has 1 aromatic carbocycles. The SMILES string of the molecule is C=C(C)CNC(=NCC(=O)N(C)C)NCCCc1cc2c(OC)cc(OC)cc2[nH]1. The Morgan fingerprint density at radius 3 is 2.60 bits per heavy atom. The van der Waals surface area contributed by atoms with Crippen molar-refractivity contribution in [3.63, 3.8) is 0 Å². The summed E-state index contributed by atoms with van der Waals surface area (Å²) in [6.07, 6.45) is 1.75. The molecule has 30 heavy (non-hydrogen) atoms. The van der Waals surface area contributed by atoms with Gasteiger partial charge in [-0.15, -0.1) is 0 Å². The number of nitrogens with one attached hydrogen (secondary N) is 3. The molecule has 0 aliphatic heterocycles. The Kier molecular flexibility index (Phi) is 8.58. The van der Waals surface area contributed by atoms with E-state index >= 15 is 0 Å². The van der Waals surface area contributed by atoms with Crippen LogP contribution in [0.15, 0.2) is 35.3 Å². The standard InChI is InChI=1S/C22H33N5O3/c1-15(2)13-24-22(25-14-21(28)27(3)4)23-9-7-8-16-10-18-19(26-16)11-17(29-5)12-20(18)30-6/h10-12,26H,1,7-9,13-14H2,2-6H3,(H2,23,24,25). The Morgan fingerprint density at radius 2 is 1.97 bits per heavy atom. The first-order chi connectivity index (χ1) is 14.3. The van der Waals surface area contributed by atoms with E-state index in [-0.39, 0.29) is 12.5 Å². The van der Waals surface area contributed by atoms with Crippen molar-refractivity contribution in [2.75, 3.05) is 47.9 Å². The van der Waals surface area contributed by atoms with Crippen molar-refractivity contribution in [2.45, 2.75) is 19.8 Å². The molecule has 2 rings (SSSR count). The molecule has 0 saturated carbocycles. The van der Waals surface area contributed by atoms with Crippen LogP contribution in [-0.2, 0) is 11.2 Å². The van der Waals surface area contributed by atoms with Crippen LogP contribution in [0.25, 0.3) is 10.9 Å². The molecule has 0 aliphatic rings. The maximum Gasteiger partial charge on any atom is 0.243 e. The number of hydrogen-bond donors (Lipinski definition) is 3. The van der Waals surface area contributed by atoms with Crippen LogP contribution in [0.5, 0.6) is 11.5 Å². The summed E-state index contributed by atoms with van der Waals surface area (Å²) in [4.78, 5) is 21.1. The molecule has 0 saturated heterocycles. The van der Waals surface area contributed by atoms with Crippen molar-refractivity contribution in [1.82, 2.24) is 20.5 Å². The van der Waals surface area contributed by atoms with E-state index in [4.69, 9.17) is 9.47 Å². The molecular formula is C22H33N5O3. The van der Waals surface area contributed by atoms with Crippen molar-refractivity contribution in [3.8, 4) is 11.5 Å². The predicted molar refractivity (Wildman–Crippen MR) is 122 cm³/mol. The number of nitrogens with zero attached hydrogens (tertiary/aromatic N) is 2. The molecule has 1 amide bonds. The minimum Gasteiger partial charge on any atom is -0.497 e. The summed E-state index contributed by atoms with van der Waals surface area (Å²) in [5.41, 5.74) is 3.10. The maximum absolute atomic E-state index is 11.8. The molecule has 2 aromatic rings. The number of carbonyl (C=O) groups excluding carboxylic acids is 1. The summed E-state index contributed by atoms with van der Waals surface area (Å²) in [5.74, 6) is 2.10.